The summed E-state index contributed by atoms with van der Waals surface area (Å²) in [6.45, 7) is 11.0. The molecule has 18 heavy (non-hydrogen) atoms. The van der Waals surface area contributed by atoms with Crippen LogP contribution in [-0.4, -0.2) is 74.4 Å². The van der Waals surface area contributed by atoms with Crippen LogP contribution >= 0.6 is 0 Å². The highest BCUT2D eigenvalue weighted by Gasteiger charge is 2.24. The van der Waals surface area contributed by atoms with Crippen molar-refractivity contribution in [3.05, 3.63) is 0 Å². The van der Waals surface area contributed by atoms with E-state index in [-0.39, 0.29) is 0 Å². The zero-order valence-electron chi connectivity index (χ0n) is 12.2. The van der Waals surface area contributed by atoms with Crippen molar-refractivity contribution < 1.29 is 4.74 Å². The molecule has 3 unspecified atom stereocenters. The maximum Gasteiger partial charge on any atom is 0.0594 e. The highest BCUT2D eigenvalue weighted by Crippen LogP contribution is 2.15. The van der Waals surface area contributed by atoms with Crippen molar-refractivity contribution in [2.45, 2.75) is 44.8 Å². The van der Waals surface area contributed by atoms with Crippen LogP contribution in [0.15, 0.2) is 0 Å². The fraction of sp³-hybridized carbons (Fsp3) is 1.00. The summed E-state index contributed by atoms with van der Waals surface area (Å²) in [4.78, 5) is 4.98. The molecule has 2 heterocycles. The maximum atomic E-state index is 5.39. The molecule has 106 valence electrons. The van der Waals surface area contributed by atoms with Crippen molar-refractivity contribution in [3.63, 3.8) is 0 Å². The van der Waals surface area contributed by atoms with Crippen LogP contribution in [0.5, 0.6) is 0 Å². The van der Waals surface area contributed by atoms with Gasteiger partial charge in [-0.3, -0.25) is 4.90 Å². The quantitative estimate of drug-likeness (QED) is 0.803. The van der Waals surface area contributed by atoms with E-state index in [0.717, 1.165) is 32.8 Å². The van der Waals surface area contributed by atoms with E-state index in [2.05, 4.69) is 36.0 Å². The molecule has 2 saturated heterocycles. The molecule has 0 aromatic heterocycles. The molecule has 0 saturated carbocycles. The lowest BCUT2D eigenvalue weighted by Gasteiger charge is -2.38. The highest BCUT2D eigenvalue weighted by molar-refractivity contribution is 4.83. The third-order valence-corrected chi connectivity index (χ3v) is 4.36. The Kier molecular flexibility index (Phi) is 5.42. The van der Waals surface area contributed by atoms with E-state index in [0.29, 0.717) is 18.1 Å². The van der Waals surface area contributed by atoms with E-state index < -0.39 is 0 Å². The number of nitrogens with one attached hydrogen (secondary N) is 1. The molecule has 4 nitrogen and oxygen atoms in total. The molecule has 2 aliphatic rings. The van der Waals surface area contributed by atoms with Crippen LogP contribution in [0.1, 0.15) is 26.7 Å². The van der Waals surface area contributed by atoms with Crippen LogP contribution in [-0.2, 0) is 4.74 Å². The minimum absolute atomic E-state index is 0.587. The molecule has 0 aliphatic carbocycles. The topological polar surface area (TPSA) is 27.7 Å². The van der Waals surface area contributed by atoms with E-state index >= 15 is 0 Å². The Morgan fingerprint density at radius 3 is 2.67 bits per heavy atom. The Balaban J connectivity index is 1.68. The summed E-state index contributed by atoms with van der Waals surface area (Å²) in [7, 11) is 2.23. The third-order valence-electron chi connectivity index (χ3n) is 4.36. The van der Waals surface area contributed by atoms with Crippen LogP contribution < -0.4 is 5.32 Å². The van der Waals surface area contributed by atoms with Gasteiger partial charge in [-0.25, -0.2) is 0 Å². The molecule has 3 atom stereocenters. The van der Waals surface area contributed by atoms with Gasteiger partial charge in [-0.05, 0) is 40.3 Å². The second kappa shape index (κ2) is 6.85. The monoisotopic (exact) mass is 255 g/mol. The van der Waals surface area contributed by atoms with Crippen molar-refractivity contribution >= 4 is 0 Å². The Labute approximate surface area is 112 Å². The predicted molar refractivity (Wildman–Crippen MR) is 75.0 cm³/mol. The average Bonchev–Trinajstić information content (AvgIpc) is 2.35. The number of ether oxygens (including phenoxy) is 1. The van der Waals surface area contributed by atoms with Crippen LogP contribution in [0.2, 0.25) is 0 Å². The fourth-order valence-corrected chi connectivity index (χ4v) is 3.07. The Morgan fingerprint density at radius 2 is 2.00 bits per heavy atom. The Bertz CT molecular complexity index is 243. The van der Waals surface area contributed by atoms with E-state index in [1.165, 1.54) is 19.4 Å². The summed E-state index contributed by atoms with van der Waals surface area (Å²) in [5.41, 5.74) is 0. The van der Waals surface area contributed by atoms with Gasteiger partial charge in [0, 0.05) is 37.8 Å². The predicted octanol–water partition coefficient (Wildman–Crippen LogP) is 0.779. The molecule has 2 fully saturated rings. The summed E-state index contributed by atoms with van der Waals surface area (Å²) >= 11 is 0. The summed E-state index contributed by atoms with van der Waals surface area (Å²) in [5, 5.41) is 3.81. The zero-order chi connectivity index (χ0) is 13.0. The van der Waals surface area contributed by atoms with Crippen LogP contribution in [0.4, 0.5) is 0 Å². The number of nitrogens with zero attached hydrogens (tertiary/aromatic N) is 2. The van der Waals surface area contributed by atoms with Gasteiger partial charge in [0.1, 0.15) is 0 Å². The molecule has 2 aliphatic heterocycles. The van der Waals surface area contributed by atoms with Gasteiger partial charge in [0.25, 0.3) is 0 Å². The minimum Gasteiger partial charge on any atom is -0.379 e. The van der Waals surface area contributed by atoms with Crippen LogP contribution in [0, 0.1) is 0 Å². The number of morpholine rings is 1. The number of hydrogen-bond acceptors (Lipinski definition) is 4. The molecule has 0 aromatic rings. The molecular weight excluding hydrogens is 226 g/mol. The smallest absolute Gasteiger partial charge is 0.0594 e. The largest absolute Gasteiger partial charge is 0.379 e. The summed E-state index contributed by atoms with van der Waals surface area (Å²) in [5.74, 6) is 0. The van der Waals surface area contributed by atoms with Crippen molar-refractivity contribution in [3.8, 4) is 0 Å². The van der Waals surface area contributed by atoms with Crippen molar-refractivity contribution in [1.29, 1.82) is 0 Å². The lowest BCUT2D eigenvalue weighted by Crippen LogP contribution is -2.51. The second-order valence-electron chi connectivity index (χ2n) is 6.03. The summed E-state index contributed by atoms with van der Waals surface area (Å²) < 4.78 is 5.39. The highest BCUT2D eigenvalue weighted by atomic mass is 16.5. The summed E-state index contributed by atoms with van der Waals surface area (Å²) in [6.07, 6.45) is 2.57. The molecule has 2 rings (SSSR count). The number of likely N-dealkylation sites (tertiary alicyclic amines) is 1. The van der Waals surface area contributed by atoms with Gasteiger partial charge < -0.3 is 15.0 Å². The maximum absolute atomic E-state index is 5.39. The summed E-state index contributed by atoms with van der Waals surface area (Å²) in [6, 6.07) is 2.00. The second-order valence-corrected chi connectivity index (χ2v) is 6.03. The number of hydrogen-bond donors (Lipinski definition) is 1. The first-order valence-corrected chi connectivity index (χ1v) is 7.41. The van der Waals surface area contributed by atoms with Gasteiger partial charge in [-0.15, -0.1) is 0 Å². The van der Waals surface area contributed by atoms with E-state index in [4.69, 9.17) is 4.74 Å². The first-order chi connectivity index (χ1) is 8.65. The number of rotatable bonds is 4. The standard InChI is InChI=1S/C14H29N3O/c1-12(11-17-6-8-18-9-7-17)15-14-4-5-16(3)13(2)10-14/h12-15H,4-11H2,1-3H3. The molecular formula is C14H29N3O. The lowest BCUT2D eigenvalue weighted by atomic mass is 9.98. The number of piperidine rings is 1. The van der Waals surface area contributed by atoms with E-state index in [9.17, 15) is 0 Å². The molecule has 0 radical (unpaired) electrons. The van der Waals surface area contributed by atoms with Crippen LogP contribution in [0.25, 0.3) is 0 Å². The van der Waals surface area contributed by atoms with Crippen LogP contribution in [0.3, 0.4) is 0 Å². The molecule has 0 spiro atoms. The lowest BCUT2D eigenvalue weighted by molar-refractivity contribution is 0.0330. The van der Waals surface area contributed by atoms with Gasteiger partial charge >= 0.3 is 0 Å². The van der Waals surface area contributed by atoms with Gasteiger partial charge in [0.2, 0.25) is 0 Å². The van der Waals surface area contributed by atoms with Gasteiger partial charge in [0.05, 0.1) is 13.2 Å². The fourth-order valence-electron chi connectivity index (χ4n) is 3.07. The molecule has 1 N–H and O–H groups in total. The first-order valence-electron chi connectivity index (χ1n) is 7.41. The molecule has 4 heteroatoms. The van der Waals surface area contributed by atoms with Gasteiger partial charge in [-0.1, -0.05) is 0 Å². The molecule has 0 amide bonds. The Morgan fingerprint density at radius 1 is 1.28 bits per heavy atom. The SMILES string of the molecule is CC(CN1CCOCC1)NC1CCN(C)C(C)C1. The average molecular weight is 255 g/mol. The molecule has 0 aromatic carbocycles. The van der Waals surface area contributed by atoms with Gasteiger partial charge in [-0.2, -0.15) is 0 Å². The zero-order valence-corrected chi connectivity index (χ0v) is 12.2. The molecule has 0 bridgehead atoms. The van der Waals surface area contributed by atoms with Crippen molar-refractivity contribution in [2.75, 3.05) is 46.4 Å². The van der Waals surface area contributed by atoms with E-state index in [1.807, 2.05) is 0 Å². The third kappa shape index (κ3) is 4.19. The van der Waals surface area contributed by atoms with E-state index in [1.54, 1.807) is 0 Å². The van der Waals surface area contributed by atoms with Crippen molar-refractivity contribution in [2.24, 2.45) is 0 Å². The van der Waals surface area contributed by atoms with Crippen molar-refractivity contribution in [1.82, 2.24) is 15.1 Å². The minimum atomic E-state index is 0.587. The first kappa shape index (κ1) is 14.3. The van der Waals surface area contributed by atoms with Gasteiger partial charge in [0.15, 0.2) is 0 Å². The normalized spacial score (nSPS) is 33.5. The Hall–Kier alpha value is -0.160.